The van der Waals surface area contributed by atoms with Crippen molar-refractivity contribution in [3.05, 3.63) is 35.8 Å². The number of carbonyl (C=O) groups is 1. The number of amides is 1. The van der Waals surface area contributed by atoms with Crippen LogP contribution in [0.15, 0.2) is 35.8 Å². The Morgan fingerprint density at radius 3 is 2.80 bits per heavy atom. The number of hydrogen-bond acceptors (Lipinski definition) is 5. The molecule has 0 unspecified atom stereocenters. The Labute approximate surface area is 122 Å². The molecule has 0 bridgehead atoms. The fraction of sp³-hybridized carbons (Fsp3) is 0.286. The van der Waals surface area contributed by atoms with Gasteiger partial charge in [0.05, 0.1) is 5.51 Å². The molecular formula is C14H17N3O2S. The molecule has 0 radical (unpaired) electrons. The number of hydrogen-bond donors (Lipinski definition) is 2. The number of nitrogens with one attached hydrogen (secondary N) is 2. The SMILES string of the molecule is CC(C)CNc1scnc1OC(=O)Nc1ccccc1. The molecule has 2 aromatic rings. The molecular weight excluding hydrogens is 274 g/mol. The molecule has 106 valence electrons. The Kier molecular flexibility index (Phi) is 4.95. The van der Waals surface area contributed by atoms with Gasteiger partial charge in [-0.15, -0.1) is 11.3 Å². The van der Waals surface area contributed by atoms with Gasteiger partial charge in [-0.05, 0) is 18.1 Å². The van der Waals surface area contributed by atoms with Crippen LogP contribution in [0.3, 0.4) is 0 Å². The second-order valence-electron chi connectivity index (χ2n) is 4.64. The van der Waals surface area contributed by atoms with Gasteiger partial charge in [-0.3, -0.25) is 5.32 Å². The first kappa shape index (κ1) is 14.3. The molecule has 0 saturated heterocycles. The van der Waals surface area contributed by atoms with Crippen LogP contribution in [0.5, 0.6) is 5.88 Å². The molecule has 5 nitrogen and oxygen atoms in total. The van der Waals surface area contributed by atoms with Crippen LogP contribution in [0.1, 0.15) is 13.8 Å². The van der Waals surface area contributed by atoms with E-state index in [9.17, 15) is 4.79 Å². The Morgan fingerprint density at radius 2 is 2.10 bits per heavy atom. The van der Waals surface area contributed by atoms with Crippen LogP contribution in [-0.4, -0.2) is 17.6 Å². The summed E-state index contributed by atoms with van der Waals surface area (Å²) in [4.78, 5) is 15.8. The molecule has 0 aliphatic carbocycles. The zero-order valence-corrected chi connectivity index (χ0v) is 12.2. The average Bonchev–Trinajstić information content (AvgIpc) is 2.84. The highest BCUT2D eigenvalue weighted by atomic mass is 32.1. The van der Waals surface area contributed by atoms with Crippen LogP contribution < -0.4 is 15.4 Å². The summed E-state index contributed by atoms with van der Waals surface area (Å²) in [5, 5.41) is 6.63. The average molecular weight is 291 g/mol. The summed E-state index contributed by atoms with van der Waals surface area (Å²) >= 11 is 1.41. The second kappa shape index (κ2) is 6.91. The third kappa shape index (κ3) is 4.24. The van der Waals surface area contributed by atoms with E-state index in [1.807, 2.05) is 18.2 Å². The number of thiazole rings is 1. The van der Waals surface area contributed by atoms with Gasteiger partial charge in [-0.25, -0.2) is 9.78 Å². The van der Waals surface area contributed by atoms with E-state index in [2.05, 4.69) is 29.5 Å². The number of ether oxygens (including phenoxy) is 1. The summed E-state index contributed by atoms with van der Waals surface area (Å²) in [5.41, 5.74) is 2.33. The van der Waals surface area contributed by atoms with E-state index in [0.717, 1.165) is 11.5 Å². The molecule has 2 rings (SSSR count). The van der Waals surface area contributed by atoms with Crippen LogP contribution >= 0.6 is 11.3 Å². The van der Waals surface area contributed by atoms with Gasteiger partial charge in [0.1, 0.15) is 0 Å². The zero-order valence-electron chi connectivity index (χ0n) is 11.4. The van der Waals surface area contributed by atoms with E-state index in [1.54, 1.807) is 17.6 Å². The topological polar surface area (TPSA) is 63.3 Å². The van der Waals surface area contributed by atoms with Crippen molar-refractivity contribution >= 4 is 28.1 Å². The van der Waals surface area contributed by atoms with Gasteiger partial charge in [-0.1, -0.05) is 32.0 Å². The van der Waals surface area contributed by atoms with Crippen LogP contribution in [0.2, 0.25) is 0 Å². The number of benzene rings is 1. The zero-order chi connectivity index (χ0) is 14.4. The van der Waals surface area contributed by atoms with Crippen LogP contribution in [0.4, 0.5) is 15.5 Å². The summed E-state index contributed by atoms with van der Waals surface area (Å²) in [6.45, 7) is 5.02. The number of rotatable bonds is 5. The fourth-order valence-electron chi connectivity index (χ4n) is 1.48. The van der Waals surface area contributed by atoms with Gasteiger partial charge in [0.25, 0.3) is 5.88 Å². The van der Waals surface area contributed by atoms with E-state index in [4.69, 9.17) is 4.74 Å². The van der Waals surface area contributed by atoms with Gasteiger partial charge >= 0.3 is 6.09 Å². The van der Waals surface area contributed by atoms with Crippen molar-refractivity contribution in [3.63, 3.8) is 0 Å². The van der Waals surface area contributed by atoms with Gasteiger partial charge in [0.2, 0.25) is 0 Å². The molecule has 0 aliphatic heterocycles. The molecule has 20 heavy (non-hydrogen) atoms. The van der Waals surface area contributed by atoms with Gasteiger partial charge in [0.15, 0.2) is 5.00 Å². The smallest absolute Gasteiger partial charge is 0.388 e. The molecule has 0 atom stereocenters. The molecule has 0 saturated carbocycles. The highest BCUT2D eigenvalue weighted by Gasteiger charge is 2.12. The van der Waals surface area contributed by atoms with Crippen molar-refractivity contribution in [1.29, 1.82) is 0 Å². The second-order valence-corrected chi connectivity index (χ2v) is 5.50. The van der Waals surface area contributed by atoms with Crippen LogP contribution in [-0.2, 0) is 0 Å². The monoisotopic (exact) mass is 291 g/mol. The number of nitrogens with zero attached hydrogens (tertiary/aromatic N) is 1. The van der Waals surface area contributed by atoms with Crippen molar-refractivity contribution in [3.8, 4) is 5.88 Å². The molecule has 1 aromatic heterocycles. The summed E-state index contributed by atoms with van der Waals surface area (Å²) in [7, 11) is 0. The fourth-order valence-corrected chi connectivity index (χ4v) is 2.09. The van der Waals surface area contributed by atoms with Crippen molar-refractivity contribution < 1.29 is 9.53 Å². The molecule has 1 amide bonds. The van der Waals surface area contributed by atoms with Crippen molar-refractivity contribution in [2.24, 2.45) is 5.92 Å². The minimum Gasteiger partial charge on any atom is -0.388 e. The number of aromatic nitrogens is 1. The lowest BCUT2D eigenvalue weighted by Crippen LogP contribution is -2.17. The van der Waals surface area contributed by atoms with Crippen LogP contribution in [0.25, 0.3) is 0 Å². The molecule has 2 N–H and O–H groups in total. The van der Waals surface area contributed by atoms with Crippen LogP contribution in [0, 0.1) is 5.92 Å². The van der Waals surface area contributed by atoms with E-state index in [1.165, 1.54) is 11.3 Å². The largest absolute Gasteiger partial charge is 0.418 e. The number of anilines is 2. The summed E-state index contributed by atoms with van der Waals surface area (Å²) in [6, 6.07) is 9.15. The lowest BCUT2D eigenvalue weighted by molar-refractivity contribution is 0.214. The van der Waals surface area contributed by atoms with E-state index >= 15 is 0 Å². The minimum atomic E-state index is -0.547. The maximum absolute atomic E-state index is 11.8. The molecule has 1 heterocycles. The van der Waals surface area contributed by atoms with Crippen molar-refractivity contribution in [2.75, 3.05) is 17.2 Å². The van der Waals surface area contributed by atoms with Crippen molar-refractivity contribution in [1.82, 2.24) is 4.98 Å². The summed E-state index contributed by atoms with van der Waals surface area (Å²) in [6.07, 6.45) is -0.547. The minimum absolute atomic E-state index is 0.309. The maximum atomic E-state index is 11.8. The maximum Gasteiger partial charge on any atom is 0.418 e. The molecule has 6 heteroatoms. The lowest BCUT2D eigenvalue weighted by Gasteiger charge is -2.09. The quantitative estimate of drug-likeness (QED) is 0.879. The molecule has 0 fully saturated rings. The summed E-state index contributed by atoms with van der Waals surface area (Å²) in [5.74, 6) is 0.812. The first-order valence-electron chi connectivity index (χ1n) is 6.36. The highest BCUT2D eigenvalue weighted by Crippen LogP contribution is 2.28. The normalized spacial score (nSPS) is 10.3. The van der Waals surface area contributed by atoms with E-state index < -0.39 is 6.09 Å². The van der Waals surface area contributed by atoms with Crippen molar-refractivity contribution in [2.45, 2.75) is 13.8 Å². The third-order valence-electron chi connectivity index (χ3n) is 2.42. The molecule has 1 aromatic carbocycles. The van der Waals surface area contributed by atoms with E-state index in [0.29, 0.717) is 17.5 Å². The standard InChI is InChI=1S/C14H17N3O2S/c1-10(2)8-15-13-12(16-9-20-13)19-14(18)17-11-6-4-3-5-7-11/h3-7,9-10,15H,8H2,1-2H3,(H,17,18). The number of para-hydroxylation sites is 1. The Morgan fingerprint density at radius 1 is 1.35 bits per heavy atom. The Hall–Kier alpha value is -2.08. The Balaban J connectivity index is 1.93. The highest BCUT2D eigenvalue weighted by molar-refractivity contribution is 7.14. The van der Waals surface area contributed by atoms with E-state index in [-0.39, 0.29) is 0 Å². The predicted octanol–water partition coefficient (Wildman–Crippen LogP) is 3.82. The number of carbonyl (C=O) groups excluding carboxylic acids is 1. The lowest BCUT2D eigenvalue weighted by atomic mass is 10.2. The van der Waals surface area contributed by atoms with Gasteiger partial charge in [-0.2, -0.15) is 0 Å². The molecule has 0 aliphatic rings. The molecule has 0 spiro atoms. The van der Waals surface area contributed by atoms with Gasteiger partial charge < -0.3 is 10.1 Å². The summed E-state index contributed by atoms with van der Waals surface area (Å²) < 4.78 is 5.21. The van der Waals surface area contributed by atoms with Gasteiger partial charge in [0, 0.05) is 12.2 Å². The predicted molar refractivity (Wildman–Crippen MR) is 81.5 cm³/mol. The Bertz CT molecular complexity index is 555. The first-order chi connectivity index (χ1) is 9.65. The first-order valence-corrected chi connectivity index (χ1v) is 7.24. The third-order valence-corrected chi connectivity index (χ3v) is 3.18.